The second-order valence-electron chi connectivity index (χ2n) is 6.85. The predicted octanol–water partition coefficient (Wildman–Crippen LogP) is 2.48. The molecule has 0 atom stereocenters. The van der Waals surface area contributed by atoms with Gasteiger partial charge in [-0.2, -0.15) is 0 Å². The lowest BCUT2D eigenvalue weighted by Gasteiger charge is -2.38. The largest absolute Gasteiger partial charge is 0.384 e. The van der Waals surface area contributed by atoms with Gasteiger partial charge in [-0.25, -0.2) is 0 Å². The summed E-state index contributed by atoms with van der Waals surface area (Å²) in [6.45, 7) is 8.12. The van der Waals surface area contributed by atoms with Crippen LogP contribution in [0.3, 0.4) is 0 Å². The van der Waals surface area contributed by atoms with Crippen LogP contribution in [-0.2, 0) is 13.0 Å². The van der Waals surface area contributed by atoms with E-state index in [0.29, 0.717) is 5.41 Å². The number of likely N-dealkylation sites (tertiary alicyclic amines) is 1. The highest BCUT2D eigenvalue weighted by Gasteiger charge is 2.28. The van der Waals surface area contributed by atoms with E-state index in [-0.39, 0.29) is 0 Å². The van der Waals surface area contributed by atoms with Crippen LogP contribution in [0, 0.1) is 5.41 Å². The molecule has 0 aliphatic carbocycles. The van der Waals surface area contributed by atoms with Crippen LogP contribution < -0.4 is 10.6 Å². The SMILES string of the molecule is CN1CCC(C)(CNCc2cccc3c2NCC3)CC1. The number of nitrogens with zero attached hydrogens (tertiary/aromatic N) is 1. The smallest absolute Gasteiger partial charge is 0.0419 e. The highest BCUT2D eigenvalue weighted by Crippen LogP contribution is 2.30. The highest BCUT2D eigenvalue weighted by molar-refractivity contribution is 5.61. The van der Waals surface area contributed by atoms with Gasteiger partial charge in [0.05, 0.1) is 0 Å². The Bertz CT molecular complexity index is 461. The molecule has 0 amide bonds. The molecule has 0 aromatic heterocycles. The minimum Gasteiger partial charge on any atom is -0.384 e. The molecule has 0 saturated carbocycles. The Morgan fingerprint density at radius 1 is 1.30 bits per heavy atom. The third-order valence-corrected chi connectivity index (χ3v) is 4.99. The van der Waals surface area contributed by atoms with Crippen molar-refractivity contribution in [3.05, 3.63) is 29.3 Å². The zero-order valence-electron chi connectivity index (χ0n) is 12.8. The van der Waals surface area contributed by atoms with E-state index in [0.717, 1.165) is 19.6 Å². The van der Waals surface area contributed by atoms with E-state index < -0.39 is 0 Å². The van der Waals surface area contributed by atoms with Crippen molar-refractivity contribution in [2.75, 3.05) is 38.5 Å². The van der Waals surface area contributed by atoms with Crippen molar-refractivity contribution in [2.24, 2.45) is 5.41 Å². The molecule has 1 fully saturated rings. The van der Waals surface area contributed by atoms with Gasteiger partial charge in [-0.15, -0.1) is 0 Å². The molecular formula is C17H27N3. The second-order valence-corrected chi connectivity index (χ2v) is 6.85. The van der Waals surface area contributed by atoms with Gasteiger partial charge in [-0.1, -0.05) is 25.1 Å². The third-order valence-electron chi connectivity index (χ3n) is 4.99. The number of para-hydroxylation sites is 1. The minimum atomic E-state index is 0.470. The Labute approximate surface area is 122 Å². The Hall–Kier alpha value is -1.06. The van der Waals surface area contributed by atoms with Crippen molar-refractivity contribution >= 4 is 5.69 Å². The number of piperidine rings is 1. The summed E-state index contributed by atoms with van der Waals surface area (Å²) in [6, 6.07) is 6.69. The molecule has 0 bridgehead atoms. The summed E-state index contributed by atoms with van der Waals surface area (Å²) in [5, 5.41) is 7.22. The van der Waals surface area contributed by atoms with Gasteiger partial charge < -0.3 is 15.5 Å². The zero-order chi connectivity index (χ0) is 14.0. The molecule has 3 rings (SSSR count). The lowest BCUT2D eigenvalue weighted by molar-refractivity contribution is 0.137. The monoisotopic (exact) mass is 273 g/mol. The van der Waals surface area contributed by atoms with Crippen molar-refractivity contribution < 1.29 is 0 Å². The van der Waals surface area contributed by atoms with Crippen LogP contribution in [0.1, 0.15) is 30.9 Å². The Balaban J connectivity index is 1.54. The lowest BCUT2D eigenvalue weighted by Crippen LogP contribution is -2.41. The summed E-state index contributed by atoms with van der Waals surface area (Å²) >= 11 is 0. The maximum absolute atomic E-state index is 3.70. The van der Waals surface area contributed by atoms with E-state index in [4.69, 9.17) is 0 Å². The van der Waals surface area contributed by atoms with Crippen LogP contribution in [0.15, 0.2) is 18.2 Å². The number of benzene rings is 1. The van der Waals surface area contributed by atoms with Crippen LogP contribution in [0.2, 0.25) is 0 Å². The third kappa shape index (κ3) is 2.99. The number of nitrogens with one attached hydrogen (secondary N) is 2. The molecular weight excluding hydrogens is 246 g/mol. The summed E-state index contributed by atoms with van der Waals surface area (Å²) in [5.41, 5.74) is 4.76. The fourth-order valence-electron chi connectivity index (χ4n) is 3.39. The standard InChI is InChI=1S/C17H27N3/c1-17(7-10-20(2)11-8-17)13-18-12-15-5-3-4-14-6-9-19-16(14)15/h3-5,18-19H,6-13H2,1-2H3. The molecule has 2 heterocycles. The van der Waals surface area contributed by atoms with Crippen LogP contribution in [0.25, 0.3) is 0 Å². The topological polar surface area (TPSA) is 27.3 Å². The van der Waals surface area contributed by atoms with Gasteiger partial charge in [0.2, 0.25) is 0 Å². The minimum absolute atomic E-state index is 0.470. The van der Waals surface area contributed by atoms with Crippen molar-refractivity contribution in [1.82, 2.24) is 10.2 Å². The summed E-state index contributed by atoms with van der Waals surface area (Å²) in [6.07, 6.45) is 3.79. The molecule has 110 valence electrons. The normalized spacial score (nSPS) is 21.5. The van der Waals surface area contributed by atoms with Gasteiger partial charge in [0.15, 0.2) is 0 Å². The first kappa shape index (κ1) is 13.9. The molecule has 0 unspecified atom stereocenters. The number of hydrogen-bond acceptors (Lipinski definition) is 3. The first-order valence-electron chi connectivity index (χ1n) is 7.90. The number of anilines is 1. The van der Waals surface area contributed by atoms with E-state index in [1.807, 2.05) is 0 Å². The molecule has 1 aromatic rings. The Kier molecular flexibility index (Phi) is 3.99. The molecule has 0 spiro atoms. The van der Waals surface area contributed by atoms with Gasteiger partial charge >= 0.3 is 0 Å². The van der Waals surface area contributed by atoms with E-state index in [2.05, 4.69) is 47.7 Å². The van der Waals surface area contributed by atoms with Crippen LogP contribution >= 0.6 is 0 Å². The molecule has 0 radical (unpaired) electrons. The maximum atomic E-state index is 3.70. The Morgan fingerprint density at radius 2 is 2.10 bits per heavy atom. The quantitative estimate of drug-likeness (QED) is 0.882. The van der Waals surface area contributed by atoms with Crippen molar-refractivity contribution in [1.29, 1.82) is 0 Å². The first-order valence-corrected chi connectivity index (χ1v) is 7.90. The molecule has 1 saturated heterocycles. The van der Waals surface area contributed by atoms with Gasteiger partial charge in [-0.05, 0) is 55.9 Å². The second kappa shape index (κ2) is 5.74. The number of rotatable bonds is 4. The summed E-state index contributed by atoms with van der Waals surface area (Å²) < 4.78 is 0. The molecule has 1 aromatic carbocycles. The molecule has 2 N–H and O–H groups in total. The van der Waals surface area contributed by atoms with Crippen LogP contribution in [0.5, 0.6) is 0 Å². The molecule has 2 aliphatic rings. The molecule has 3 nitrogen and oxygen atoms in total. The summed E-state index contributed by atoms with van der Waals surface area (Å²) in [7, 11) is 2.23. The summed E-state index contributed by atoms with van der Waals surface area (Å²) in [5.74, 6) is 0. The molecule has 2 aliphatic heterocycles. The first-order chi connectivity index (χ1) is 9.66. The van der Waals surface area contributed by atoms with Crippen LogP contribution in [0.4, 0.5) is 5.69 Å². The average Bonchev–Trinajstić information content (AvgIpc) is 2.92. The van der Waals surface area contributed by atoms with Crippen molar-refractivity contribution in [3.63, 3.8) is 0 Å². The highest BCUT2D eigenvalue weighted by atomic mass is 15.1. The van der Waals surface area contributed by atoms with Gasteiger partial charge in [0.25, 0.3) is 0 Å². The van der Waals surface area contributed by atoms with Gasteiger partial charge in [-0.3, -0.25) is 0 Å². The van der Waals surface area contributed by atoms with Gasteiger partial charge in [0.1, 0.15) is 0 Å². The average molecular weight is 273 g/mol. The fourth-order valence-corrected chi connectivity index (χ4v) is 3.39. The summed E-state index contributed by atoms with van der Waals surface area (Å²) in [4.78, 5) is 2.44. The van der Waals surface area contributed by atoms with E-state index in [1.165, 1.54) is 49.2 Å². The maximum Gasteiger partial charge on any atom is 0.0419 e. The van der Waals surface area contributed by atoms with E-state index in [1.54, 1.807) is 0 Å². The number of hydrogen-bond donors (Lipinski definition) is 2. The lowest BCUT2D eigenvalue weighted by atomic mass is 9.80. The van der Waals surface area contributed by atoms with Crippen LogP contribution in [-0.4, -0.2) is 38.1 Å². The zero-order valence-corrected chi connectivity index (χ0v) is 12.8. The van der Waals surface area contributed by atoms with E-state index >= 15 is 0 Å². The van der Waals surface area contributed by atoms with Gasteiger partial charge in [0, 0.05) is 25.3 Å². The number of fused-ring (bicyclic) bond motifs is 1. The molecule has 20 heavy (non-hydrogen) atoms. The fraction of sp³-hybridized carbons (Fsp3) is 0.647. The van der Waals surface area contributed by atoms with E-state index in [9.17, 15) is 0 Å². The predicted molar refractivity (Wildman–Crippen MR) is 85.2 cm³/mol. The molecule has 3 heteroatoms. The van der Waals surface area contributed by atoms with Crippen molar-refractivity contribution in [3.8, 4) is 0 Å². The Morgan fingerprint density at radius 3 is 2.90 bits per heavy atom. The van der Waals surface area contributed by atoms with Crippen molar-refractivity contribution in [2.45, 2.75) is 32.7 Å².